The zero-order valence-electron chi connectivity index (χ0n) is 25.4. The average molecular weight is 620 g/mol. The number of hydrogen-bond donors (Lipinski definition) is 0. The fourth-order valence-corrected chi connectivity index (χ4v) is 6.63. The normalized spacial score (nSPS) is 18.3. The van der Waals surface area contributed by atoms with Gasteiger partial charge in [-0.25, -0.2) is 9.79 Å². The van der Waals surface area contributed by atoms with Crippen molar-refractivity contribution in [3.05, 3.63) is 82.0 Å². The van der Waals surface area contributed by atoms with E-state index in [4.69, 9.17) is 23.9 Å². The first-order chi connectivity index (χ1) is 21.3. The first-order valence-electron chi connectivity index (χ1n) is 14.7. The predicted octanol–water partition coefficient (Wildman–Crippen LogP) is 5.21. The van der Waals surface area contributed by atoms with Gasteiger partial charge in [-0.1, -0.05) is 42.1 Å². The van der Waals surface area contributed by atoms with E-state index in [0.29, 0.717) is 71.7 Å². The highest BCUT2D eigenvalue weighted by molar-refractivity contribution is 8.16. The maximum atomic E-state index is 13.8. The Kier molecular flexibility index (Phi) is 9.94. The largest absolute Gasteiger partial charge is 0.497 e. The third-order valence-electron chi connectivity index (χ3n) is 7.96. The number of benzene rings is 2. The van der Waals surface area contributed by atoms with Crippen molar-refractivity contribution < 1.29 is 33.3 Å². The number of aliphatic imine (C=N–C) groups is 1. The molecule has 2 aromatic rings. The van der Waals surface area contributed by atoms with E-state index in [1.165, 1.54) is 11.8 Å². The van der Waals surface area contributed by atoms with Crippen LogP contribution in [0.5, 0.6) is 11.5 Å². The number of thioether (sulfide) groups is 1. The van der Waals surface area contributed by atoms with Crippen LogP contribution in [0.4, 0.5) is 0 Å². The van der Waals surface area contributed by atoms with Gasteiger partial charge in [0.15, 0.2) is 5.17 Å². The molecule has 0 N–H and O–H groups in total. The van der Waals surface area contributed by atoms with Crippen molar-refractivity contribution in [2.75, 3.05) is 33.9 Å². The van der Waals surface area contributed by atoms with Gasteiger partial charge >= 0.3 is 11.9 Å². The molecule has 0 radical (unpaired) electrons. The van der Waals surface area contributed by atoms with Gasteiger partial charge in [-0.2, -0.15) is 0 Å². The number of fused-ring (bicyclic) bond motifs is 1. The Hall–Kier alpha value is -4.25. The second kappa shape index (κ2) is 14.0. The molecular weight excluding hydrogens is 582 g/mol. The Morgan fingerprint density at radius 3 is 2.43 bits per heavy atom. The van der Waals surface area contributed by atoms with Crippen LogP contribution >= 0.6 is 11.8 Å². The number of nitrogens with zero attached hydrogens (tertiary/aromatic N) is 3. The number of carbonyl (C=O) groups is 3. The first-order valence-corrected chi connectivity index (χ1v) is 15.5. The summed E-state index contributed by atoms with van der Waals surface area (Å²) in [4.78, 5) is 48.1. The summed E-state index contributed by atoms with van der Waals surface area (Å²) in [6.07, 6.45) is 1.24. The number of rotatable bonds is 10. The number of amidine groups is 1. The minimum atomic E-state index is -0.681. The maximum absolute atomic E-state index is 13.8. The van der Waals surface area contributed by atoms with Crippen LogP contribution in [0.25, 0.3) is 0 Å². The predicted molar refractivity (Wildman–Crippen MR) is 167 cm³/mol. The second-order valence-corrected chi connectivity index (χ2v) is 11.5. The lowest BCUT2D eigenvalue weighted by Crippen LogP contribution is -2.42. The fourth-order valence-electron chi connectivity index (χ4n) is 5.67. The number of allylic oxidation sites excluding steroid dienone is 1. The monoisotopic (exact) mass is 619 g/mol. The Bertz CT molecular complexity index is 1500. The molecule has 0 aliphatic carbocycles. The molecule has 1 amide bonds. The summed E-state index contributed by atoms with van der Waals surface area (Å²) in [6, 6.07) is 14.2. The van der Waals surface area contributed by atoms with Crippen molar-refractivity contribution in [2.45, 2.75) is 45.8 Å². The minimum absolute atomic E-state index is 0.0590. The van der Waals surface area contributed by atoms with Gasteiger partial charge in [0.1, 0.15) is 18.1 Å². The van der Waals surface area contributed by atoms with Crippen LogP contribution in [0.15, 0.2) is 75.9 Å². The van der Waals surface area contributed by atoms with Gasteiger partial charge < -0.3 is 28.7 Å². The highest BCUT2D eigenvalue weighted by atomic mass is 32.2. The third kappa shape index (κ3) is 6.62. The minimum Gasteiger partial charge on any atom is -0.497 e. The Labute approximate surface area is 261 Å². The van der Waals surface area contributed by atoms with Crippen LogP contribution in [0.1, 0.15) is 50.3 Å². The van der Waals surface area contributed by atoms with Crippen LogP contribution in [0.2, 0.25) is 0 Å². The highest BCUT2D eigenvalue weighted by Crippen LogP contribution is 2.48. The molecule has 0 unspecified atom stereocenters. The van der Waals surface area contributed by atoms with Crippen LogP contribution in [0, 0.1) is 5.92 Å². The standard InChI is InChI=1S/C33H37N3O7S/c1-5-42-31(38)23-13-15-35(16-14-23)28(37)17-24-20-44-33-34-21(2)29(32(39)43-19-22-9-7-6-8-10-22)30(36(24)33)26-18-25(40-3)11-12-27(26)41-4/h6-12,18,20,23,30H,5,13-17,19H2,1-4H3/t30-/m1/s1. The van der Waals surface area contributed by atoms with Gasteiger partial charge in [-0.3, -0.25) is 9.59 Å². The summed E-state index contributed by atoms with van der Waals surface area (Å²) < 4.78 is 22.3. The van der Waals surface area contributed by atoms with Crippen molar-refractivity contribution >= 4 is 34.8 Å². The van der Waals surface area contributed by atoms with Crippen molar-refractivity contribution in [1.82, 2.24) is 9.80 Å². The zero-order chi connectivity index (χ0) is 31.2. The number of ether oxygens (including phenoxy) is 4. The number of amides is 1. The molecular formula is C33H37N3O7S. The van der Waals surface area contributed by atoms with E-state index in [0.717, 1.165) is 5.56 Å². The van der Waals surface area contributed by atoms with Crippen molar-refractivity contribution in [1.29, 1.82) is 0 Å². The average Bonchev–Trinajstić information content (AvgIpc) is 3.44. The first kappa shape index (κ1) is 31.2. The van der Waals surface area contributed by atoms with Gasteiger partial charge in [0.25, 0.3) is 0 Å². The Balaban J connectivity index is 1.43. The van der Waals surface area contributed by atoms with Crippen LogP contribution in [-0.2, 0) is 30.5 Å². The molecule has 3 aliphatic heterocycles. The Morgan fingerprint density at radius 1 is 1.00 bits per heavy atom. The van der Waals surface area contributed by atoms with Crippen LogP contribution < -0.4 is 9.47 Å². The topological polar surface area (TPSA) is 107 Å². The molecule has 1 fully saturated rings. The molecule has 3 heterocycles. The molecule has 10 nitrogen and oxygen atoms in total. The molecule has 0 saturated carbocycles. The molecule has 5 rings (SSSR count). The lowest BCUT2D eigenvalue weighted by Gasteiger charge is -2.37. The number of likely N-dealkylation sites (tertiary alicyclic amines) is 1. The van der Waals surface area contributed by atoms with Crippen molar-refractivity contribution in [3.63, 3.8) is 0 Å². The number of piperidine rings is 1. The van der Waals surface area contributed by atoms with Gasteiger partial charge in [-0.15, -0.1) is 0 Å². The second-order valence-electron chi connectivity index (χ2n) is 10.6. The number of esters is 2. The smallest absolute Gasteiger partial charge is 0.338 e. The number of methoxy groups -OCH3 is 2. The van der Waals surface area contributed by atoms with Crippen molar-refractivity contribution in [3.8, 4) is 11.5 Å². The SMILES string of the molecule is CCOC(=O)C1CCN(C(=O)CC2=CSC3=NC(C)=C(C(=O)OCc4ccccc4)[C@@H](c4cc(OC)ccc4OC)N23)CC1. The lowest BCUT2D eigenvalue weighted by atomic mass is 9.92. The fraction of sp³-hybridized carbons (Fsp3) is 0.394. The van der Waals surface area contributed by atoms with Crippen LogP contribution in [0.3, 0.4) is 0 Å². The zero-order valence-corrected chi connectivity index (χ0v) is 26.2. The Morgan fingerprint density at radius 2 is 1.75 bits per heavy atom. The van der Waals surface area contributed by atoms with E-state index in [9.17, 15) is 14.4 Å². The molecule has 1 atom stereocenters. The van der Waals surface area contributed by atoms with Gasteiger partial charge in [0.2, 0.25) is 5.91 Å². The summed E-state index contributed by atoms with van der Waals surface area (Å²) >= 11 is 1.41. The molecule has 2 aromatic carbocycles. The molecule has 0 aromatic heterocycles. The van der Waals surface area contributed by atoms with Gasteiger partial charge in [0, 0.05) is 24.4 Å². The molecule has 0 bridgehead atoms. The van der Waals surface area contributed by atoms with E-state index < -0.39 is 12.0 Å². The summed E-state index contributed by atoms with van der Waals surface area (Å²) in [6.45, 7) is 4.99. The van der Waals surface area contributed by atoms with E-state index in [1.54, 1.807) is 45.1 Å². The number of carbonyl (C=O) groups excluding carboxylic acids is 3. The molecule has 232 valence electrons. The molecule has 3 aliphatic rings. The molecule has 11 heteroatoms. The molecule has 1 saturated heterocycles. The van der Waals surface area contributed by atoms with E-state index in [2.05, 4.69) is 0 Å². The summed E-state index contributed by atoms with van der Waals surface area (Å²) in [5.41, 5.74) is 3.14. The summed E-state index contributed by atoms with van der Waals surface area (Å²) in [7, 11) is 3.16. The lowest BCUT2D eigenvalue weighted by molar-refractivity contribution is -0.151. The highest BCUT2D eigenvalue weighted by Gasteiger charge is 2.43. The molecule has 44 heavy (non-hydrogen) atoms. The van der Waals surface area contributed by atoms with E-state index >= 15 is 0 Å². The third-order valence-corrected chi connectivity index (χ3v) is 8.85. The maximum Gasteiger partial charge on any atom is 0.338 e. The van der Waals surface area contributed by atoms with Gasteiger partial charge in [0.05, 0.1) is 50.5 Å². The number of hydrogen-bond acceptors (Lipinski definition) is 10. The van der Waals surface area contributed by atoms with Crippen LogP contribution in [-0.4, -0.2) is 66.7 Å². The van der Waals surface area contributed by atoms with Gasteiger partial charge in [-0.05, 0) is 55.9 Å². The van der Waals surface area contributed by atoms with Crippen molar-refractivity contribution in [2.24, 2.45) is 10.9 Å². The summed E-state index contributed by atoms with van der Waals surface area (Å²) in [5, 5.41) is 2.56. The molecule has 0 spiro atoms. The van der Waals surface area contributed by atoms with E-state index in [-0.39, 0.29) is 30.8 Å². The van der Waals surface area contributed by atoms with E-state index in [1.807, 2.05) is 46.7 Å². The quantitative estimate of drug-likeness (QED) is 0.331. The summed E-state index contributed by atoms with van der Waals surface area (Å²) in [5.74, 6) is 0.194.